The largest absolute Gasteiger partial charge is 0.354 e. The molecule has 0 radical (unpaired) electrons. The predicted molar refractivity (Wildman–Crippen MR) is 137 cm³/mol. The van der Waals surface area contributed by atoms with E-state index in [1.54, 1.807) is 6.07 Å². The molecule has 1 unspecified atom stereocenters. The van der Waals surface area contributed by atoms with Gasteiger partial charge < -0.3 is 9.80 Å². The zero-order valence-electron chi connectivity index (χ0n) is 19.9. The number of aromatic nitrogens is 1. The standard InChI is InChI=1S/C29H30N4O2/c34-28-25-8-2-1-7-23(25)24-11-10-22(18-26(24)28)29(35)33-13-5-6-21(20-33)19-31-14-16-32(17-15-31)27-9-3-4-12-30-27/h1-4,7-12,18,21H,5-6,13-17,19-20H2. The number of carbonyl (C=O) groups excluding carboxylic acids is 2. The molecule has 1 aliphatic carbocycles. The van der Waals surface area contributed by atoms with Crippen LogP contribution in [0, 0.1) is 5.92 Å². The Labute approximate surface area is 206 Å². The first-order chi connectivity index (χ1) is 17.2. The van der Waals surface area contributed by atoms with Crippen molar-refractivity contribution in [1.82, 2.24) is 14.8 Å². The monoisotopic (exact) mass is 466 g/mol. The molecule has 2 saturated heterocycles. The van der Waals surface area contributed by atoms with Crippen molar-refractivity contribution in [2.24, 2.45) is 5.92 Å². The molecule has 6 nitrogen and oxygen atoms in total. The lowest BCUT2D eigenvalue weighted by Crippen LogP contribution is -2.50. The summed E-state index contributed by atoms with van der Waals surface area (Å²) in [7, 11) is 0. The van der Waals surface area contributed by atoms with E-state index >= 15 is 0 Å². The number of pyridine rings is 1. The van der Waals surface area contributed by atoms with Crippen LogP contribution in [0.25, 0.3) is 11.1 Å². The molecule has 0 saturated carbocycles. The fourth-order valence-electron chi connectivity index (χ4n) is 5.81. The van der Waals surface area contributed by atoms with Crippen LogP contribution >= 0.6 is 0 Å². The number of benzene rings is 2. The van der Waals surface area contributed by atoms with Crippen LogP contribution in [-0.2, 0) is 0 Å². The Morgan fingerprint density at radius 1 is 0.857 bits per heavy atom. The fraction of sp³-hybridized carbons (Fsp3) is 0.345. The number of hydrogen-bond acceptors (Lipinski definition) is 5. The van der Waals surface area contributed by atoms with E-state index in [0.29, 0.717) is 17.0 Å². The van der Waals surface area contributed by atoms with Gasteiger partial charge >= 0.3 is 0 Å². The van der Waals surface area contributed by atoms with Crippen LogP contribution in [0.5, 0.6) is 0 Å². The molecule has 3 heterocycles. The molecule has 35 heavy (non-hydrogen) atoms. The Morgan fingerprint density at radius 3 is 2.43 bits per heavy atom. The van der Waals surface area contributed by atoms with Crippen molar-refractivity contribution in [2.45, 2.75) is 12.8 Å². The number of hydrogen-bond donors (Lipinski definition) is 0. The molecular formula is C29H30N4O2. The molecule has 1 aromatic heterocycles. The normalized spacial score (nSPS) is 20.0. The molecule has 0 bridgehead atoms. The summed E-state index contributed by atoms with van der Waals surface area (Å²) in [6.07, 6.45) is 4.03. The van der Waals surface area contributed by atoms with E-state index in [1.165, 1.54) is 0 Å². The third kappa shape index (κ3) is 4.23. The van der Waals surface area contributed by atoms with Gasteiger partial charge in [0, 0.05) is 68.7 Å². The molecule has 0 spiro atoms. The lowest BCUT2D eigenvalue weighted by Gasteiger charge is -2.39. The van der Waals surface area contributed by atoms with Gasteiger partial charge in [-0.25, -0.2) is 4.98 Å². The summed E-state index contributed by atoms with van der Waals surface area (Å²) in [6.45, 7) is 6.61. The second kappa shape index (κ2) is 9.27. The van der Waals surface area contributed by atoms with E-state index in [1.807, 2.05) is 59.6 Å². The van der Waals surface area contributed by atoms with Crippen molar-refractivity contribution in [3.63, 3.8) is 0 Å². The Hall–Kier alpha value is -3.51. The van der Waals surface area contributed by atoms with Crippen molar-refractivity contribution in [3.8, 4) is 11.1 Å². The maximum absolute atomic E-state index is 13.4. The number of ketones is 1. The van der Waals surface area contributed by atoms with Crippen LogP contribution in [0.4, 0.5) is 5.82 Å². The average Bonchev–Trinajstić information content (AvgIpc) is 3.21. The van der Waals surface area contributed by atoms with Gasteiger partial charge in [0.1, 0.15) is 5.82 Å². The molecule has 6 heteroatoms. The van der Waals surface area contributed by atoms with E-state index in [9.17, 15) is 9.59 Å². The lowest BCUT2D eigenvalue weighted by molar-refractivity contribution is 0.0637. The summed E-state index contributed by atoms with van der Waals surface area (Å²) in [4.78, 5) is 37.6. The number of piperidine rings is 1. The molecule has 6 rings (SSSR count). The van der Waals surface area contributed by atoms with Gasteiger partial charge in [0.25, 0.3) is 5.91 Å². The number of rotatable bonds is 4. The smallest absolute Gasteiger partial charge is 0.253 e. The SMILES string of the molecule is O=C1c2ccccc2-c2ccc(C(=O)N3CCCC(CN4CCN(c5ccccn5)CC4)C3)cc21. The summed E-state index contributed by atoms with van der Waals surface area (Å²) in [5, 5.41) is 0. The Balaban J connectivity index is 1.08. The van der Waals surface area contributed by atoms with Crippen molar-refractivity contribution in [2.75, 3.05) is 50.7 Å². The number of amides is 1. The highest BCUT2D eigenvalue weighted by Crippen LogP contribution is 2.37. The summed E-state index contributed by atoms with van der Waals surface area (Å²) in [5.74, 6) is 1.60. The molecule has 1 amide bonds. The first kappa shape index (κ1) is 22.0. The zero-order chi connectivity index (χ0) is 23.8. The van der Waals surface area contributed by atoms with Gasteiger partial charge in [-0.1, -0.05) is 36.4 Å². The molecule has 2 fully saturated rings. The molecule has 1 atom stereocenters. The quantitative estimate of drug-likeness (QED) is 0.456. The molecule has 2 aromatic carbocycles. The third-order valence-corrected chi connectivity index (χ3v) is 7.64. The van der Waals surface area contributed by atoms with Crippen LogP contribution in [0.2, 0.25) is 0 Å². The fourth-order valence-corrected chi connectivity index (χ4v) is 5.81. The van der Waals surface area contributed by atoms with E-state index in [2.05, 4.69) is 20.9 Å². The first-order valence-corrected chi connectivity index (χ1v) is 12.6. The molecular weight excluding hydrogens is 436 g/mol. The van der Waals surface area contributed by atoms with Crippen LogP contribution in [0.15, 0.2) is 66.9 Å². The second-order valence-electron chi connectivity index (χ2n) is 9.87. The van der Waals surface area contributed by atoms with Crippen LogP contribution < -0.4 is 4.90 Å². The van der Waals surface area contributed by atoms with Gasteiger partial charge in [-0.3, -0.25) is 14.5 Å². The van der Waals surface area contributed by atoms with Gasteiger partial charge in [0.15, 0.2) is 5.78 Å². The first-order valence-electron chi connectivity index (χ1n) is 12.6. The number of fused-ring (bicyclic) bond motifs is 3. The molecule has 0 N–H and O–H groups in total. The van der Waals surface area contributed by atoms with Gasteiger partial charge in [-0.15, -0.1) is 0 Å². The van der Waals surface area contributed by atoms with E-state index < -0.39 is 0 Å². The summed E-state index contributed by atoms with van der Waals surface area (Å²) >= 11 is 0. The number of likely N-dealkylation sites (tertiary alicyclic amines) is 1. The van der Waals surface area contributed by atoms with Crippen molar-refractivity contribution >= 4 is 17.5 Å². The Kier molecular flexibility index (Phi) is 5.82. The molecule has 3 aliphatic rings. The van der Waals surface area contributed by atoms with Gasteiger partial charge in [-0.2, -0.15) is 0 Å². The van der Waals surface area contributed by atoms with Crippen LogP contribution in [0.1, 0.15) is 39.1 Å². The van der Waals surface area contributed by atoms with Gasteiger partial charge in [0.05, 0.1) is 0 Å². The lowest BCUT2D eigenvalue weighted by atomic mass is 9.96. The summed E-state index contributed by atoms with van der Waals surface area (Å²) in [6, 6.07) is 19.4. The minimum atomic E-state index is 0.0200. The van der Waals surface area contributed by atoms with Gasteiger partial charge in [-0.05, 0) is 54.2 Å². The highest BCUT2D eigenvalue weighted by Gasteiger charge is 2.30. The molecule has 3 aromatic rings. The predicted octanol–water partition coefficient (Wildman–Crippen LogP) is 3.97. The highest BCUT2D eigenvalue weighted by molar-refractivity contribution is 6.22. The number of nitrogens with zero attached hydrogens (tertiary/aromatic N) is 4. The van der Waals surface area contributed by atoms with Crippen molar-refractivity contribution < 1.29 is 9.59 Å². The van der Waals surface area contributed by atoms with Crippen LogP contribution in [-0.4, -0.2) is 72.3 Å². The van der Waals surface area contributed by atoms with E-state index in [-0.39, 0.29) is 11.7 Å². The zero-order valence-corrected chi connectivity index (χ0v) is 19.9. The summed E-state index contributed by atoms with van der Waals surface area (Å²) < 4.78 is 0. The maximum Gasteiger partial charge on any atom is 0.253 e. The van der Waals surface area contributed by atoms with Crippen molar-refractivity contribution in [1.29, 1.82) is 0 Å². The van der Waals surface area contributed by atoms with Gasteiger partial charge in [0.2, 0.25) is 0 Å². The molecule has 178 valence electrons. The highest BCUT2D eigenvalue weighted by atomic mass is 16.2. The third-order valence-electron chi connectivity index (χ3n) is 7.64. The Bertz CT molecular complexity index is 1250. The average molecular weight is 467 g/mol. The summed E-state index contributed by atoms with van der Waals surface area (Å²) in [5.41, 5.74) is 3.90. The number of piperazine rings is 1. The Morgan fingerprint density at radius 2 is 1.63 bits per heavy atom. The van der Waals surface area contributed by atoms with Crippen molar-refractivity contribution in [3.05, 3.63) is 83.6 Å². The van der Waals surface area contributed by atoms with E-state index in [4.69, 9.17) is 0 Å². The minimum absolute atomic E-state index is 0.0200. The molecule has 2 aliphatic heterocycles. The minimum Gasteiger partial charge on any atom is -0.354 e. The number of carbonyl (C=O) groups is 2. The topological polar surface area (TPSA) is 56.8 Å². The van der Waals surface area contributed by atoms with E-state index in [0.717, 1.165) is 81.2 Å². The van der Waals surface area contributed by atoms with Crippen LogP contribution in [0.3, 0.4) is 0 Å². The maximum atomic E-state index is 13.4. The second-order valence-corrected chi connectivity index (χ2v) is 9.87. The number of anilines is 1.